The zero-order chi connectivity index (χ0) is 11.5. The predicted octanol–water partition coefficient (Wildman–Crippen LogP) is 4.03. The van der Waals surface area contributed by atoms with Gasteiger partial charge in [0.1, 0.15) is 0 Å². The van der Waals surface area contributed by atoms with Crippen molar-refractivity contribution < 1.29 is 0 Å². The van der Waals surface area contributed by atoms with Crippen LogP contribution in [0, 0.1) is 6.92 Å². The summed E-state index contributed by atoms with van der Waals surface area (Å²) < 4.78 is 0. The van der Waals surface area contributed by atoms with Gasteiger partial charge < -0.3 is 0 Å². The summed E-state index contributed by atoms with van der Waals surface area (Å²) in [5, 5.41) is 0. The normalized spacial score (nSPS) is 25.4. The predicted molar refractivity (Wildman–Crippen MR) is 67.9 cm³/mol. The van der Waals surface area contributed by atoms with Crippen LogP contribution in [0.1, 0.15) is 66.2 Å². The minimum Gasteiger partial charge on any atom is -0.293 e. The van der Waals surface area contributed by atoms with Crippen molar-refractivity contribution in [2.24, 2.45) is 0 Å². The lowest BCUT2D eigenvalue weighted by atomic mass is 9.79. The number of likely N-dealkylation sites (tertiary alicyclic amines) is 1. The van der Waals surface area contributed by atoms with Crippen LogP contribution in [0.5, 0.6) is 0 Å². The Kier molecular flexibility index (Phi) is 4.22. The van der Waals surface area contributed by atoms with Crippen molar-refractivity contribution in [2.75, 3.05) is 6.54 Å². The molecule has 15 heavy (non-hydrogen) atoms. The zero-order valence-corrected chi connectivity index (χ0v) is 11.1. The van der Waals surface area contributed by atoms with Crippen LogP contribution >= 0.6 is 0 Å². The van der Waals surface area contributed by atoms with Gasteiger partial charge in [0.25, 0.3) is 0 Å². The molecule has 0 saturated carbocycles. The van der Waals surface area contributed by atoms with E-state index in [1.807, 2.05) is 0 Å². The van der Waals surface area contributed by atoms with Crippen LogP contribution in [-0.4, -0.2) is 22.5 Å². The van der Waals surface area contributed by atoms with Crippen molar-refractivity contribution in [2.45, 2.75) is 77.3 Å². The van der Waals surface area contributed by atoms with Gasteiger partial charge in [0.15, 0.2) is 0 Å². The van der Waals surface area contributed by atoms with E-state index in [1.54, 1.807) is 0 Å². The van der Waals surface area contributed by atoms with Gasteiger partial charge in [0.05, 0.1) is 0 Å². The molecule has 0 bridgehead atoms. The van der Waals surface area contributed by atoms with E-state index in [9.17, 15) is 0 Å². The molecule has 0 amide bonds. The Balaban J connectivity index is 2.60. The van der Waals surface area contributed by atoms with Crippen molar-refractivity contribution in [1.29, 1.82) is 0 Å². The summed E-state index contributed by atoms with van der Waals surface area (Å²) >= 11 is 0. The number of hydrogen-bond acceptors (Lipinski definition) is 1. The number of rotatable bonds is 4. The fraction of sp³-hybridized carbons (Fsp3) is 0.929. The van der Waals surface area contributed by atoms with Gasteiger partial charge in [-0.05, 0) is 59.9 Å². The van der Waals surface area contributed by atoms with Gasteiger partial charge >= 0.3 is 0 Å². The van der Waals surface area contributed by atoms with Gasteiger partial charge in [0.2, 0.25) is 0 Å². The second-order valence-electron chi connectivity index (χ2n) is 6.19. The molecule has 0 atom stereocenters. The zero-order valence-electron chi connectivity index (χ0n) is 11.1. The minimum absolute atomic E-state index is 0.392. The van der Waals surface area contributed by atoms with Gasteiger partial charge in [0, 0.05) is 11.1 Å². The molecule has 0 spiro atoms. The molecule has 1 nitrogen and oxygen atoms in total. The third-order valence-electron chi connectivity index (χ3n) is 3.92. The van der Waals surface area contributed by atoms with E-state index in [0.717, 1.165) is 6.42 Å². The van der Waals surface area contributed by atoms with E-state index in [4.69, 9.17) is 0 Å². The quantitative estimate of drug-likeness (QED) is 0.633. The largest absolute Gasteiger partial charge is 0.293 e. The van der Waals surface area contributed by atoms with Crippen LogP contribution < -0.4 is 0 Å². The summed E-state index contributed by atoms with van der Waals surface area (Å²) in [5.74, 6) is 0. The number of unbranched alkanes of at least 4 members (excludes halogenated alkanes) is 2. The van der Waals surface area contributed by atoms with Crippen LogP contribution in [0.4, 0.5) is 0 Å². The average Bonchev–Trinajstić information content (AvgIpc) is 2.09. The molecule has 0 aliphatic carbocycles. The van der Waals surface area contributed by atoms with Crippen molar-refractivity contribution in [1.82, 2.24) is 4.90 Å². The second-order valence-corrected chi connectivity index (χ2v) is 6.19. The van der Waals surface area contributed by atoms with Crippen molar-refractivity contribution in [3.63, 3.8) is 0 Å². The first-order chi connectivity index (χ1) is 6.90. The lowest BCUT2D eigenvalue weighted by Gasteiger charge is -2.53. The van der Waals surface area contributed by atoms with Crippen molar-refractivity contribution in [3.8, 4) is 0 Å². The van der Waals surface area contributed by atoms with E-state index in [2.05, 4.69) is 39.5 Å². The van der Waals surface area contributed by atoms with Crippen LogP contribution in [0.2, 0.25) is 0 Å². The number of nitrogens with zero attached hydrogens (tertiary/aromatic N) is 1. The fourth-order valence-electron chi connectivity index (χ4n) is 3.09. The highest BCUT2D eigenvalue weighted by atomic mass is 15.3. The highest BCUT2D eigenvalue weighted by Crippen LogP contribution is 2.38. The Bertz CT molecular complexity index is 178. The molecule has 0 unspecified atom stereocenters. The summed E-state index contributed by atoms with van der Waals surface area (Å²) in [5.41, 5.74) is 0.784. The van der Waals surface area contributed by atoms with Gasteiger partial charge in [-0.25, -0.2) is 0 Å². The number of hydrogen-bond donors (Lipinski definition) is 0. The van der Waals surface area contributed by atoms with E-state index >= 15 is 0 Å². The van der Waals surface area contributed by atoms with Crippen LogP contribution in [0.3, 0.4) is 0 Å². The lowest BCUT2D eigenvalue weighted by molar-refractivity contribution is -0.0274. The molecule has 1 heterocycles. The van der Waals surface area contributed by atoms with E-state index < -0.39 is 0 Å². The molecular formula is C14H28N. The van der Waals surface area contributed by atoms with Gasteiger partial charge in [-0.2, -0.15) is 0 Å². The lowest BCUT2D eigenvalue weighted by Crippen LogP contribution is -2.58. The molecule has 1 rings (SSSR count). The summed E-state index contributed by atoms with van der Waals surface area (Å²) in [7, 11) is 0. The molecule has 1 fully saturated rings. The Labute approximate surface area is 96.2 Å². The third-order valence-corrected chi connectivity index (χ3v) is 3.92. The topological polar surface area (TPSA) is 3.24 Å². The molecule has 0 aromatic heterocycles. The fourth-order valence-corrected chi connectivity index (χ4v) is 3.09. The highest BCUT2D eigenvalue weighted by molar-refractivity contribution is 4.96. The van der Waals surface area contributed by atoms with Crippen LogP contribution in [0.15, 0.2) is 0 Å². The molecule has 1 heteroatoms. The molecule has 0 aromatic rings. The van der Waals surface area contributed by atoms with Gasteiger partial charge in [-0.1, -0.05) is 19.8 Å². The molecular weight excluding hydrogens is 182 g/mol. The summed E-state index contributed by atoms with van der Waals surface area (Å²) in [6, 6.07) is 0. The second kappa shape index (κ2) is 4.86. The Morgan fingerprint density at radius 1 is 1.00 bits per heavy atom. The maximum atomic E-state index is 3.92. The minimum atomic E-state index is 0.392. The first-order valence-electron chi connectivity index (χ1n) is 6.47. The smallest absolute Gasteiger partial charge is 0.0158 e. The maximum absolute atomic E-state index is 3.92. The number of piperidine rings is 1. The standard InChI is InChI=1S/C14H28N/c1-6-7-8-12-15-13(2,3)10-9-11-14(15,4)5/h1,6-12H2,2-5H3. The van der Waals surface area contributed by atoms with Gasteiger partial charge in [-0.15, -0.1) is 0 Å². The summed E-state index contributed by atoms with van der Waals surface area (Å²) in [6.07, 6.45) is 7.72. The Hall–Kier alpha value is -0.0400. The molecule has 1 radical (unpaired) electrons. The molecule has 1 aliphatic rings. The van der Waals surface area contributed by atoms with E-state index in [-0.39, 0.29) is 0 Å². The third kappa shape index (κ3) is 3.21. The Morgan fingerprint density at radius 2 is 1.53 bits per heavy atom. The highest BCUT2D eigenvalue weighted by Gasteiger charge is 2.40. The molecule has 89 valence electrons. The van der Waals surface area contributed by atoms with Crippen LogP contribution in [-0.2, 0) is 0 Å². The summed E-state index contributed by atoms with van der Waals surface area (Å²) in [6.45, 7) is 14.8. The Morgan fingerprint density at radius 3 is 2.00 bits per heavy atom. The van der Waals surface area contributed by atoms with Gasteiger partial charge in [-0.3, -0.25) is 4.90 Å². The van der Waals surface area contributed by atoms with E-state index in [1.165, 1.54) is 38.6 Å². The van der Waals surface area contributed by atoms with Crippen LogP contribution in [0.25, 0.3) is 0 Å². The van der Waals surface area contributed by atoms with E-state index in [0.29, 0.717) is 11.1 Å². The molecule has 0 N–H and O–H groups in total. The molecule has 1 saturated heterocycles. The summed E-state index contributed by atoms with van der Waals surface area (Å²) in [4.78, 5) is 2.72. The first kappa shape index (κ1) is 13.0. The SMILES string of the molecule is [CH2]CCCCN1C(C)(C)CCCC1(C)C. The maximum Gasteiger partial charge on any atom is 0.0158 e. The average molecular weight is 210 g/mol. The van der Waals surface area contributed by atoms with Crippen molar-refractivity contribution >= 4 is 0 Å². The molecule has 1 aliphatic heterocycles. The molecule has 0 aromatic carbocycles. The van der Waals surface area contributed by atoms with Crippen molar-refractivity contribution in [3.05, 3.63) is 6.92 Å². The first-order valence-corrected chi connectivity index (χ1v) is 6.47. The monoisotopic (exact) mass is 210 g/mol.